The van der Waals surface area contributed by atoms with Gasteiger partial charge in [-0.3, -0.25) is 0 Å². The predicted octanol–water partition coefficient (Wildman–Crippen LogP) is 5.34. The number of aromatic hydroxyl groups is 1. The fraction of sp³-hybridized carbons (Fsp3) is 0.739. The van der Waals surface area contributed by atoms with Crippen molar-refractivity contribution in [3.8, 4) is 5.75 Å². The van der Waals surface area contributed by atoms with Crippen LogP contribution in [0, 0.1) is 23.7 Å². The molecule has 1 saturated heterocycles. The van der Waals surface area contributed by atoms with Gasteiger partial charge in [-0.2, -0.15) is 0 Å². The Morgan fingerprint density at radius 3 is 2.04 bits per heavy atom. The highest BCUT2D eigenvalue weighted by atomic mass is 17.2. The molecular formula is C23H30O3. The fourth-order valence-electron chi connectivity index (χ4n) is 7.62. The van der Waals surface area contributed by atoms with Crippen molar-refractivity contribution in [2.75, 3.05) is 0 Å². The first-order chi connectivity index (χ1) is 12.6. The molecule has 1 N–H and O–H groups in total. The largest absolute Gasteiger partial charge is 0.508 e. The number of hydrogen-bond donors (Lipinski definition) is 1. The first-order valence-corrected chi connectivity index (χ1v) is 10.8. The summed E-state index contributed by atoms with van der Waals surface area (Å²) in [5.41, 5.74) is 1.39. The molecule has 1 aromatic carbocycles. The van der Waals surface area contributed by atoms with Crippen LogP contribution in [-0.2, 0) is 9.78 Å². The van der Waals surface area contributed by atoms with Crippen LogP contribution in [0.15, 0.2) is 24.3 Å². The molecule has 4 bridgehead atoms. The molecule has 3 nitrogen and oxygen atoms in total. The van der Waals surface area contributed by atoms with Gasteiger partial charge in [0.05, 0.1) is 0 Å². The van der Waals surface area contributed by atoms with Crippen molar-refractivity contribution in [3.63, 3.8) is 0 Å². The van der Waals surface area contributed by atoms with E-state index < -0.39 is 0 Å². The van der Waals surface area contributed by atoms with E-state index in [2.05, 4.69) is 12.1 Å². The molecule has 26 heavy (non-hydrogen) atoms. The van der Waals surface area contributed by atoms with Crippen LogP contribution in [-0.4, -0.2) is 16.3 Å². The SMILES string of the molecule is Oc1ccc(C2CCC3(CC2)CC2(OO3)C3CC4CC(C3)CC2C4)cc1. The van der Waals surface area contributed by atoms with Crippen LogP contribution in [0.3, 0.4) is 0 Å². The molecule has 5 aliphatic carbocycles. The Bertz CT molecular complexity index is 658. The van der Waals surface area contributed by atoms with Crippen LogP contribution < -0.4 is 0 Å². The maximum absolute atomic E-state index is 9.53. The topological polar surface area (TPSA) is 38.7 Å². The summed E-state index contributed by atoms with van der Waals surface area (Å²) in [6.45, 7) is 0. The highest BCUT2D eigenvalue weighted by Crippen LogP contribution is 2.65. The van der Waals surface area contributed by atoms with Crippen LogP contribution in [0.25, 0.3) is 0 Å². The van der Waals surface area contributed by atoms with Gasteiger partial charge in [0.25, 0.3) is 0 Å². The summed E-state index contributed by atoms with van der Waals surface area (Å²) in [6, 6.07) is 7.81. The van der Waals surface area contributed by atoms with Crippen LogP contribution in [0.5, 0.6) is 5.75 Å². The van der Waals surface area contributed by atoms with Crippen molar-refractivity contribution in [2.24, 2.45) is 23.7 Å². The van der Waals surface area contributed by atoms with Crippen LogP contribution >= 0.6 is 0 Å². The van der Waals surface area contributed by atoms with Gasteiger partial charge < -0.3 is 5.11 Å². The van der Waals surface area contributed by atoms with Gasteiger partial charge in [-0.25, -0.2) is 9.78 Å². The van der Waals surface area contributed by atoms with Gasteiger partial charge >= 0.3 is 0 Å². The molecule has 3 heteroatoms. The molecule has 1 aliphatic heterocycles. The van der Waals surface area contributed by atoms with Gasteiger partial charge in [-0.15, -0.1) is 0 Å². The van der Waals surface area contributed by atoms with Gasteiger partial charge in [0.2, 0.25) is 0 Å². The van der Waals surface area contributed by atoms with E-state index in [9.17, 15) is 5.11 Å². The summed E-state index contributed by atoms with van der Waals surface area (Å²) >= 11 is 0. The number of rotatable bonds is 1. The van der Waals surface area contributed by atoms with E-state index in [1.54, 1.807) is 0 Å². The molecule has 6 fully saturated rings. The summed E-state index contributed by atoms with van der Waals surface area (Å²) in [5, 5.41) is 9.53. The standard InChI is InChI=1S/C23H30O3/c24-21-3-1-17(2-4-21)18-5-7-22(8-6-18)14-23(26-25-22)19-10-15-9-16(12-19)13-20(23)11-15/h1-4,15-16,18-20,24H,5-14H2. The summed E-state index contributed by atoms with van der Waals surface area (Å²) in [5.74, 6) is 4.43. The molecule has 7 rings (SSSR count). The first-order valence-electron chi connectivity index (χ1n) is 10.8. The Balaban J connectivity index is 1.18. The Morgan fingerprint density at radius 1 is 0.808 bits per heavy atom. The fourth-order valence-corrected chi connectivity index (χ4v) is 7.62. The molecule has 0 amide bonds. The van der Waals surface area contributed by atoms with Gasteiger partial charge in [0.1, 0.15) is 17.0 Å². The van der Waals surface area contributed by atoms with E-state index in [1.807, 2.05) is 12.1 Å². The number of hydrogen-bond acceptors (Lipinski definition) is 3. The lowest BCUT2D eigenvalue weighted by Crippen LogP contribution is -2.58. The molecule has 0 unspecified atom stereocenters. The molecule has 0 atom stereocenters. The third kappa shape index (κ3) is 2.26. The molecule has 0 aromatic heterocycles. The van der Waals surface area contributed by atoms with Crippen LogP contribution in [0.4, 0.5) is 0 Å². The lowest BCUT2D eigenvalue weighted by atomic mass is 9.48. The summed E-state index contributed by atoms with van der Waals surface area (Å²) in [4.78, 5) is 12.6. The van der Waals surface area contributed by atoms with Crippen LogP contribution in [0.1, 0.15) is 75.7 Å². The molecule has 1 heterocycles. The Labute approximate surface area is 156 Å². The maximum atomic E-state index is 9.53. The zero-order valence-corrected chi connectivity index (χ0v) is 15.5. The average molecular weight is 354 g/mol. The van der Waals surface area contributed by atoms with E-state index in [1.165, 1.54) is 50.5 Å². The molecule has 0 radical (unpaired) electrons. The number of phenols is 1. The Hall–Kier alpha value is -1.06. The van der Waals surface area contributed by atoms with Gasteiger partial charge in [0.15, 0.2) is 0 Å². The third-order valence-electron chi connectivity index (χ3n) is 8.75. The molecule has 1 aromatic rings. The summed E-state index contributed by atoms with van der Waals surface area (Å²) in [7, 11) is 0. The zero-order chi connectivity index (χ0) is 17.4. The lowest BCUT2D eigenvalue weighted by molar-refractivity contribution is -0.385. The van der Waals surface area contributed by atoms with Crippen molar-refractivity contribution < 1.29 is 14.9 Å². The second-order valence-electron chi connectivity index (χ2n) is 10.2. The summed E-state index contributed by atoms with van der Waals surface area (Å²) < 4.78 is 0. The van der Waals surface area contributed by atoms with Crippen molar-refractivity contribution in [1.82, 2.24) is 0 Å². The molecule has 6 aliphatic rings. The van der Waals surface area contributed by atoms with Crippen LogP contribution in [0.2, 0.25) is 0 Å². The third-order valence-corrected chi connectivity index (χ3v) is 8.75. The number of phenolic OH excluding ortho intramolecular Hbond substituents is 1. The normalized spacial score (nSPS) is 49.3. The highest BCUT2D eigenvalue weighted by Gasteiger charge is 2.65. The Morgan fingerprint density at radius 2 is 1.42 bits per heavy atom. The van der Waals surface area contributed by atoms with E-state index in [0.717, 1.165) is 42.9 Å². The van der Waals surface area contributed by atoms with Crippen molar-refractivity contribution in [1.29, 1.82) is 0 Å². The predicted molar refractivity (Wildman–Crippen MR) is 98.6 cm³/mol. The van der Waals surface area contributed by atoms with Crippen molar-refractivity contribution >= 4 is 0 Å². The molecule has 5 saturated carbocycles. The minimum Gasteiger partial charge on any atom is -0.508 e. The van der Waals surface area contributed by atoms with Crippen molar-refractivity contribution in [3.05, 3.63) is 29.8 Å². The minimum absolute atomic E-state index is 0.0250. The minimum atomic E-state index is -0.0250. The van der Waals surface area contributed by atoms with Gasteiger partial charge in [0, 0.05) is 6.42 Å². The molecule has 140 valence electrons. The van der Waals surface area contributed by atoms with E-state index in [0.29, 0.717) is 11.7 Å². The average Bonchev–Trinajstić information content (AvgIpc) is 3.01. The maximum Gasteiger partial charge on any atom is 0.115 e. The second-order valence-corrected chi connectivity index (χ2v) is 10.2. The quantitative estimate of drug-likeness (QED) is 0.692. The van der Waals surface area contributed by atoms with Crippen molar-refractivity contribution in [2.45, 2.75) is 81.3 Å². The zero-order valence-electron chi connectivity index (χ0n) is 15.5. The Kier molecular flexibility index (Phi) is 3.36. The van der Waals surface area contributed by atoms with Gasteiger partial charge in [-0.1, -0.05) is 12.1 Å². The van der Waals surface area contributed by atoms with E-state index in [4.69, 9.17) is 9.78 Å². The number of benzene rings is 1. The highest BCUT2D eigenvalue weighted by molar-refractivity contribution is 5.29. The lowest BCUT2D eigenvalue weighted by Gasteiger charge is -2.58. The van der Waals surface area contributed by atoms with E-state index in [-0.39, 0.29) is 11.2 Å². The molecule has 2 spiro atoms. The van der Waals surface area contributed by atoms with E-state index >= 15 is 0 Å². The summed E-state index contributed by atoms with van der Waals surface area (Å²) in [6.07, 6.45) is 12.8. The second kappa shape index (κ2) is 5.48. The van der Waals surface area contributed by atoms with Gasteiger partial charge in [-0.05, 0) is 105 Å². The first kappa shape index (κ1) is 15.9. The molecular weight excluding hydrogens is 324 g/mol. The monoisotopic (exact) mass is 354 g/mol. The smallest absolute Gasteiger partial charge is 0.115 e.